The average molecular weight is 367 g/mol. The Kier molecular flexibility index (Phi) is 5.27. The Morgan fingerprint density at radius 2 is 2.12 bits per heavy atom. The topological polar surface area (TPSA) is 62.5 Å². The molecule has 2 aromatic rings. The molecular weight excluding hydrogens is 346 g/mol. The van der Waals surface area contributed by atoms with Gasteiger partial charge in [-0.25, -0.2) is 9.66 Å². The van der Waals surface area contributed by atoms with E-state index in [1.807, 2.05) is 62.3 Å². The van der Waals surface area contributed by atoms with Gasteiger partial charge in [-0.1, -0.05) is 43.5 Å². The molecule has 6 nitrogen and oxygen atoms in total. The van der Waals surface area contributed by atoms with Crippen molar-refractivity contribution in [2.45, 2.75) is 17.7 Å². The molecule has 1 atom stereocenters. The molecule has 0 bridgehead atoms. The number of anilines is 1. The van der Waals surface area contributed by atoms with E-state index in [1.54, 1.807) is 6.20 Å². The molecule has 7 heteroatoms. The molecular formula is C19H21N5OS. The first-order valence-electron chi connectivity index (χ1n) is 8.19. The predicted molar refractivity (Wildman–Crippen MR) is 108 cm³/mol. The summed E-state index contributed by atoms with van der Waals surface area (Å²) in [5.74, 6) is -0.00801. The van der Waals surface area contributed by atoms with Crippen molar-refractivity contribution >= 4 is 22.5 Å². The van der Waals surface area contributed by atoms with Crippen LogP contribution in [0.1, 0.15) is 18.5 Å². The fourth-order valence-electron chi connectivity index (χ4n) is 2.38. The van der Waals surface area contributed by atoms with Gasteiger partial charge in [-0.2, -0.15) is 0 Å². The maximum absolute atomic E-state index is 12.8. The lowest BCUT2D eigenvalue weighted by atomic mass is 10.1. The van der Waals surface area contributed by atoms with Gasteiger partial charge in [0.05, 0.1) is 16.4 Å². The Morgan fingerprint density at radius 3 is 2.81 bits per heavy atom. The zero-order chi connectivity index (χ0) is 18.7. The smallest absolute Gasteiger partial charge is 0.286 e. The Balaban J connectivity index is 1.84. The number of benzene rings is 1. The van der Waals surface area contributed by atoms with Gasteiger partial charge in [-0.15, -0.1) is 0 Å². The number of allylic oxidation sites excluding steroid dienone is 1. The molecule has 1 aromatic heterocycles. The molecule has 134 valence electrons. The van der Waals surface area contributed by atoms with E-state index in [9.17, 15) is 4.79 Å². The van der Waals surface area contributed by atoms with Crippen molar-refractivity contribution in [1.29, 1.82) is 0 Å². The number of hydrogen-bond donors (Lipinski definition) is 1. The quantitative estimate of drug-likeness (QED) is 0.822. The molecule has 0 amide bonds. The lowest BCUT2D eigenvalue weighted by molar-refractivity contribution is 0.532. The van der Waals surface area contributed by atoms with Crippen molar-refractivity contribution in [1.82, 2.24) is 14.6 Å². The number of aliphatic imine (C=N–C) groups is 1. The second kappa shape index (κ2) is 7.61. The van der Waals surface area contributed by atoms with Gasteiger partial charge in [0.15, 0.2) is 0 Å². The highest BCUT2D eigenvalue weighted by Crippen LogP contribution is 2.38. The Bertz CT molecular complexity index is 931. The minimum atomic E-state index is -0.123. The van der Waals surface area contributed by atoms with Crippen LogP contribution in [0.5, 0.6) is 0 Å². The van der Waals surface area contributed by atoms with Crippen LogP contribution in [-0.4, -0.2) is 33.7 Å². The predicted octanol–water partition coefficient (Wildman–Crippen LogP) is 3.32. The summed E-state index contributed by atoms with van der Waals surface area (Å²) in [6.07, 6.45) is 5.08. The number of para-hydroxylation sites is 1. The largest absolute Gasteiger partial charge is 0.378 e. The number of hydrogen-bond acceptors (Lipinski definition) is 6. The molecule has 0 radical (unpaired) electrons. The SMILES string of the molecule is C=C(/C=C\N=C1Sc2c(ncn(Nc3ccccc3)c2=O)C1C)N(C)C. The van der Waals surface area contributed by atoms with Crippen molar-refractivity contribution in [2.75, 3.05) is 19.5 Å². The number of thioether (sulfide) groups is 1. The van der Waals surface area contributed by atoms with Crippen LogP contribution in [0.25, 0.3) is 0 Å². The number of rotatable bonds is 5. The first-order chi connectivity index (χ1) is 12.5. The summed E-state index contributed by atoms with van der Waals surface area (Å²) >= 11 is 1.38. The van der Waals surface area contributed by atoms with Crippen molar-refractivity contribution in [3.63, 3.8) is 0 Å². The van der Waals surface area contributed by atoms with Gasteiger partial charge < -0.3 is 4.90 Å². The fraction of sp³-hybridized carbons (Fsp3) is 0.211. The minimum Gasteiger partial charge on any atom is -0.378 e. The molecule has 0 saturated carbocycles. The standard InChI is InChI=1S/C19H21N5OS/c1-13(23(3)4)10-11-20-18-14(2)16-17(26-18)19(25)24(12-21-16)22-15-8-6-5-7-9-15/h5-12,14,22H,1H2,2-4H3/b11-10-,20-18?. The van der Waals surface area contributed by atoms with E-state index in [2.05, 4.69) is 22.0 Å². The molecule has 0 fully saturated rings. The Hall–Kier alpha value is -2.80. The number of aromatic nitrogens is 2. The van der Waals surface area contributed by atoms with Crippen molar-refractivity contribution < 1.29 is 0 Å². The summed E-state index contributed by atoms with van der Waals surface area (Å²) < 4.78 is 1.40. The minimum absolute atomic E-state index is 0.00801. The molecule has 1 N–H and O–H groups in total. The third-order valence-corrected chi connectivity index (χ3v) is 5.27. The maximum atomic E-state index is 12.8. The summed E-state index contributed by atoms with van der Waals surface area (Å²) in [5, 5.41) is 0.852. The molecule has 26 heavy (non-hydrogen) atoms. The van der Waals surface area contributed by atoms with E-state index in [0.29, 0.717) is 4.90 Å². The van der Waals surface area contributed by atoms with Crippen molar-refractivity contribution in [3.8, 4) is 0 Å². The molecule has 3 rings (SSSR count). The van der Waals surface area contributed by atoms with E-state index in [4.69, 9.17) is 0 Å². The molecule has 2 heterocycles. The van der Waals surface area contributed by atoms with Gasteiger partial charge in [0.1, 0.15) is 11.2 Å². The lowest BCUT2D eigenvalue weighted by Crippen LogP contribution is -2.28. The van der Waals surface area contributed by atoms with Crippen LogP contribution in [0.2, 0.25) is 0 Å². The molecule has 1 unspecified atom stereocenters. The van der Waals surface area contributed by atoms with Gasteiger partial charge in [0.2, 0.25) is 0 Å². The van der Waals surface area contributed by atoms with Gasteiger partial charge >= 0.3 is 0 Å². The summed E-state index contributed by atoms with van der Waals surface area (Å²) in [7, 11) is 3.85. The van der Waals surface area contributed by atoms with Crippen LogP contribution < -0.4 is 11.0 Å². The summed E-state index contributed by atoms with van der Waals surface area (Å²) in [5.41, 5.74) is 5.39. The highest BCUT2D eigenvalue weighted by Gasteiger charge is 2.30. The van der Waals surface area contributed by atoms with Crippen LogP contribution in [0.3, 0.4) is 0 Å². The zero-order valence-electron chi connectivity index (χ0n) is 15.0. The van der Waals surface area contributed by atoms with Crippen LogP contribution >= 0.6 is 11.8 Å². The zero-order valence-corrected chi connectivity index (χ0v) is 15.8. The van der Waals surface area contributed by atoms with E-state index in [1.165, 1.54) is 22.8 Å². The second-order valence-corrected chi connectivity index (χ2v) is 7.14. The Labute approximate surface area is 156 Å². The van der Waals surface area contributed by atoms with E-state index in [-0.39, 0.29) is 11.5 Å². The lowest BCUT2D eigenvalue weighted by Gasteiger charge is -2.10. The monoisotopic (exact) mass is 367 g/mol. The third kappa shape index (κ3) is 3.72. The highest BCUT2D eigenvalue weighted by molar-refractivity contribution is 8.14. The van der Waals surface area contributed by atoms with E-state index in [0.717, 1.165) is 22.1 Å². The van der Waals surface area contributed by atoms with Crippen molar-refractivity contribution in [2.24, 2.45) is 4.99 Å². The maximum Gasteiger partial charge on any atom is 0.286 e. The van der Waals surface area contributed by atoms with E-state index >= 15 is 0 Å². The normalized spacial score (nSPS) is 17.5. The number of nitrogens with one attached hydrogen (secondary N) is 1. The molecule has 0 aliphatic carbocycles. The highest BCUT2D eigenvalue weighted by atomic mass is 32.2. The van der Waals surface area contributed by atoms with Crippen molar-refractivity contribution in [3.05, 3.63) is 77.3 Å². The second-order valence-electron chi connectivity index (χ2n) is 6.10. The van der Waals surface area contributed by atoms with E-state index < -0.39 is 0 Å². The van der Waals surface area contributed by atoms with Crippen LogP contribution in [0.15, 0.2) is 75.9 Å². The summed E-state index contributed by atoms with van der Waals surface area (Å²) in [6.45, 7) is 5.94. The van der Waals surface area contributed by atoms with Gasteiger partial charge in [-0.05, 0) is 18.2 Å². The number of fused-ring (bicyclic) bond motifs is 1. The number of nitrogens with zero attached hydrogens (tertiary/aromatic N) is 4. The average Bonchev–Trinajstić information content (AvgIpc) is 2.95. The van der Waals surface area contributed by atoms with Gasteiger partial charge in [0.25, 0.3) is 5.56 Å². The van der Waals surface area contributed by atoms with Gasteiger partial charge in [-0.3, -0.25) is 15.2 Å². The molecule has 1 aliphatic rings. The van der Waals surface area contributed by atoms with Crippen LogP contribution in [0, 0.1) is 0 Å². The van der Waals surface area contributed by atoms with Crippen LogP contribution in [0.4, 0.5) is 5.69 Å². The summed E-state index contributed by atoms with van der Waals surface area (Å²) in [4.78, 5) is 24.3. The first-order valence-corrected chi connectivity index (χ1v) is 9.01. The van der Waals surface area contributed by atoms with Crippen LogP contribution in [-0.2, 0) is 0 Å². The summed E-state index contributed by atoms with van der Waals surface area (Å²) in [6, 6.07) is 9.52. The van der Waals surface area contributed by atoms with Gasteiger partial charge in [0, 0.05) is 31.9 Å². The first kappa shape index (κ1) is 18.0. The number of likely N-dealkylation sites (N-methyl/N-ethyl adjacent to an activating group) is 1. The Morgan fingerprint density at radius 1 is 1.38 bits per heavy atom. The molecule has 0 spiro atoms. The fourth-order valence-corrected chi connectivity index (χ4v) is 3.51. The molecule has 1 aromatic carbocycles. The third-order valence-electron chi connectivity index (χ3n) is 4.01. The molecule has 0 saturated heterocycles. The molecule has 1 aliphatic heterocycles.